The van der Waals surface area contributed by atoms with Crippen molar-refractivity contribution >= 4 is 0 Å². The highest BCUT2D eigenvalue weighted by Gasteiger charge is 2.25. The molecule has 19 heavy (non-hydrogen) atoms. The fourth-order valence-corrected chi connectivity index (χ4v) is 2.33. The molecule has 0 spiro atoms. The molecule has 1 saturated heterocycles. The molecule has 5 heteroatoms. The van der Waals surface area contributed by atoms with Crippen molar-refractivity contribution in [3.05, 3.63) is 29.8 Å². The molecule has 1 heterocycles. The lowest BCUT2D eigenvalue weighted by molar-refractivity contribution is -0.0615. The molecule has 1 aromatic carbocycles. The second-order valence-corrected chi connectivity index (χ2v) is 4.61. The normalized spacial score (nSPS) is 23.6. The number of halogens is 2. The Kier molecular flexibility index (Phi) is 5.10. The van der Waals surface area contributed by atoms with Gasteiger partial charge in [0.1, 0.15) is 5.75 Å². The zero-order valence-electron chi connectivity index (χ0n) is 10.9. The van der Waals surface area contributed by atoms with Crippen LogP contribution in [0.1, 0.15) is 31.4 Å². The summed E-state index contributed by atoms with van der Waals surface area (Å²) >= 11 is 0. The monoisotopic (exact) mass is 271 g/mol. The van der Waals surface area contributed by atoms with Crippen molar-refractivity contribution in [1.82, 2.24) is 5.32 Å². The highest BCUT2D eigenvalue weighted by Crippen LogP contribution is 2.31. The van der Waals surface area contributed by atoms with Gasteiger partial charge in [-0.05, 0) is 12.5 Å². The quantitative estimate of drug-likeness (QED) is 0.892. The molecule has 1 fully saturated rings. The van der Waals surface area contributed by atoms with E-state index in [2.05, 4.69) is 17.0 Å². The minimum absolute atomic E-state index is 0.128. The van der Waals surface area contributed by atoms with Crippen LogP contribution in [0.2, 0.25) is 0 Å². The highest BCUT2D eigenvalue weighted by molar-refractivity contribution is 5.35. The number of para-hydroxylation sites is 1. The standard InChI is InChI=1S/C14H19F2NO2/c1-2-5-10-8-17-9-13(18-10)11-6-3-4-7-12(11)19-14(15)16/h3-4,6-7,10,13-14,17H,2,5,8-9H2,1H3. The van der Waals surface area contributed by atoms with Gasteiger partial charge in [-0.1, -0.05) is 31.5 Å². The van der Waals surface area contributed by atoms with Gasteiger partial charge in [0.15, 0.2) is 0 Å². The van der Waals surface area contributed by atoms with Gasteiger partial charge in [0.25, 0.3) is 0 Å². The Morgan fingerprint density at radius 3 is 2.89 bits per heavy atom. The molecule has 2 atom stereocenters. The first-order chi connectivity index (χ1) is 9.20. The van der Waals surface area contributed by atoms with E-state index in [0.717, 1.165) is 19.4 Å². The van der Waals surface area contributed by atoms with Crippen LogP contribution < -0.4 is 10.1 Å². The van der Waals surface area contributed by atoms with Gasteiger partial charge in [0.05, 0.1) is 12.2 Å². The lowest BCUT2D eigenvalue weighted by atomic mass is 10.1. The third-order valence-corrected chi connectivity index (χ3v) is 3.15. The van der Waals surface area contributed by atoms with E-state index in [1.807, 2.05) is 0 Å². The number of nitrogens with one attached hydrogen (secondary N) is 1. The Morgan fingerprint density at radius 1 is 1.37 bits per heavy atom. The highest BCUT2D eigenvalue weighted by atomic mass is 19.3. The summed E-state index contributed by atoms with van der Waals surface area (Å²) in [5.74, 6) is 0.196. The Bertz CT molecular complexity index is 399. The molecule has 0 amide bonds. The van der Waals surface area contributed by atoms with Crippen molar-refractivity contribution in [3.63, 3.8) is 0 Å². The van der Waals surface area contributed by atoms with Gasteiger partial charge in [-0.3, -0.25) is 0 Å². The van der Waals surface area contributed by atoms with Gasteiger partial charge in [0.2, 0.25) is 0 Å². The Morgan fingerprint density at radius 2 is 2.16 bits per heavy atom. The third-order valence-electron chi connectivity index (χ3n) is 3.15. The van der Waals surface area contributed by atoms with E-state index in [0.29, 0.717) is 12.1 Å². The number of alkyl halides is 2. The lowest BCUT2D eigenvalue weighted by Gasteiger charge is -2.31. The molecule has 0 aromatic heterocycles. The first-order valence-corrected chi connectivity index (χ1v) is 6.60. The first-order valence-electron chi connectivity index (χ1n) is 6.60. The predicted octanol–water partition coefficient (Wildman–Crippen LogP) is 3.12. The summed E-state index contributed by atoms with van der Waals surface area (Å²) in [6.45, 7) is 0.705. The molecule has 0 aliphatic carbocycles. The first kappa shape index (κ1) is 14.2. The van der Waals surface area contributed by atoms with E-state index in [9.17, 15) is 8.78 Å². The molecule has 1 N–H and O–H groups in total. The van der Waals surface area contributed by atoms with Gasteiger partial charge in [0, 0.05) is 18.7 Å². The maximum Gasteiger partial charge on any atom is 0.387 e. The molecule has 2 unspecified atom stereocenters. The molecule has 3 nitrogen and oxygen atoms in total. The Labute approximate surface area is 111 Å². The summed E-state index contributed by atoms with van der Waals surface area (Å²) in [5, 5.41) is 3.28. The minimum Gasteiger partial charge on any atom is -0.434 e. The van der Waals surface area contributed by atoms with E-state index >= 15 is 0 Å². The fraction of sp³-hybridized carbons (Fsp3) is 0.571. The van der Waals surface area contributed by atoms with Gasteiger partial charge < -0.3 is 14.8 Å². The van der Waals surface area contributed by atoms with Crippen molar-refractivity contribution in [2.75, 3.05) is 13.1 Å². The molecule has 2 rings (SSSR count). The summed E-state index contributed by atoms with van der Waals surface area (Å²) in [6, 6.07) is 6.81. The molecule has 0 saturated carbocycles. The lowest BCUT2D eigenvalue weighted by Crippen LogP contribution is -2.40. The van der Waals surface area contributed by atoms with Crippen molar-refractivity contribution in [2.45, 2.75) is 38.6 Å². The maximum absolute atomic E-state index is 12.4. The largest absolute Gasteiger partial charge is 0.434 e. The van der Waals surface area contributed by atoms with Gasteiger partial charge in [-0.25, -0.2) is 0 Å². The Balaban J connectivity index is 2.11. The van der Waals surface area contributed by atoms with Crippen molar-refractivity contribution < 1.29 is 18.3 Å². The van der Waals surface area contributed by atoms with Crippen LogP contribution in [0.5, 0.6) is 5.75 Å². The third kappa shape index (κ3) is 3.88. The second kappa shape index (κ2) is 6.82. The van der Waals surface area contributed by atoms with E-state index in [1.54, 1.807) is 24.3 Å². The minimum atomic E-state index is -2.82. The zero-order chi connectivity index (χ0) is 13.7. The smallest absolute Gasteiger partial charge is 0.387 e. The van der Waals surface area contributed by atoms with E-state index in [-0.39, 0.29) is 18.0 Å². The topological polar surface area (TPSA) is 30.5 Å². The summed E-state index contributed by atoms with van der Waals surface area (Å²) in [4.78, 5) is 0. The molecule has 1 aromatic rings. The average molecular weight is 271 g/mol. The van der Waals surface area contributed by atoms with Crippen molar-refractivity contribution in [1.29, 1.82) is 0 Å². The molecule has 106 valence electrons. The SMILES string of the molecule is CCCC1CNCC(c2ccccc2OC(F)F)O1. The summed E-state index contributed by atoms with van der Waals surface area (Å²) in [5.41, 5.74) is 0.677. The fourth-order valence-electron chi connectivity index (χ4n) is 2.33. The molecule has 0 radical (unpaired) electrons. The van der Waals surface area contributed by atoms with E-state index < -0.39 is 6.61 Å². The number of hydrogen-bond acceptors (Lipinski definition) is 3. The molecule has 1 aliphatic heterocycles. The van der Waals surface area contributed by atoms with Gasteiger partial charge in [-0.15, -0.1) is 0 Å². The molecule has 1 aliphatic rings. The average Bonchev–Trinajstić information content (AvgIpc) is 2.39. The number of ether oxygens (including phenoxy) is 2. The van der Waals surface area contributed by atoms with Crippen LogP contribution in [0.3, 0.4) is 0 Å². The van der Waals surface area contributed by atoms with Gasteiger partial charge >= 0.3 is 6.61 Å². The number of hydrogen-bond donors (Lipinski definition) is 1. The van der Waals surface area contributed by atoms with Crippen LogP contribution in [0.15, 0.2) is 24.3 Å². The zero-order valence-corrected chi connectivity index (χ0v) is 10.9. The predicted molar refractivity (Wildman–Crippen MR) is 68.5 cm³/mol. The summed E-state index contributed by atoms with van der Waals surface area (Å²) < 4.78 is 35.3. The second-order valence-electron chi connectivity index (χ2n) is 4.61. The number of benzene rings is 1. The summed E-state index contributed by atoms with van der Waals surface area (Å²) in [6.07, 6.45) is 1.89. The van der Waals surface area contributed by atoms with Gasteiger partial charge in [-0.2, -0.15) is 8.78 Å². The van der Waals surface area contributed by atoms with Crippen LogP contribution in [0, 0.1) is 0 Å². The van der Waals surface area contributed by atoms with Crippen molar-refractivity contribution in [2.24, 2.45) is 0 Å². The van der Waals surface area contributed by atoms with E-state index in [4.69, 9.17) is 4.74 Å². The maximum atomic E-state index is 12.4. The summed E-state index contributed by atoms with van der Waals surface area (Å²) in [7, 11) is 0. The van der Waals surface area contributed by atoms with Crippen molar-refractivity contribution in [3.8, 4) is 5.75 Å². The molecular weight excluding hydrogens is 252 g/mol. The van der Waals surface area contributed by atoms with Crippen LogP contribution in [0.25, 0.3) is 0 Å². The molecular formula is C14H19F2NO2. The molecule has 0 bridgehead atoms. The van der Waals surface area contributed by atoms with Crippen LogP contribution in [0.4, 0.5) is 8.78 Å². The van der Waals surface area contributed by atoms with Crippen LogP contribution in [-0.4, -0.2) is 25.8 Å². The number of rotatable bonds is 5. The number of morpholine rings is 1. The van der Waals surface area contributed by atoms with Crippen LogP contribution >= 0.6 is 0 Å². The van der Waals surface area contributed by atoms with E-state index in [1.165, 1.54) is 0 Å². The Hall–Kier alpha value is -1.20. The van der Waals surface area contributed by atoms with Crippen LogP contribution in [-0.2, 0) is 4.74 Å².